The lowest BCUT2D eigenvalue weighted by Gasteiger charge is -2.32. The number of aryl methyl sites for hydroxylation is 3. The molecule has 3 aromatic carbocycles. The van der Waals surface area contributed by atoms with Gasteiger partial charge in [0.05, 0.1) is 10.6 Å². The molecule has 0 aliphatic carbocycles. The highest BCUT2D eigenvalue weighted by molar-refractivity contribution is 7.92. The van der Waals surface area contributed by atoms with E-state index in [-0.39, 0.29) is 17.0 Å². The molecule has 2 amide bonds. The fraction of sp³-hybridized carbons (Fsp3) is 0.310. The minimum Gasteiger partial charge on any atom is -0.355 e. The Hall–Kier alpha value is -3.72. The van der Waals surface area contributed by atoms with Crippen LogP contribution in [0.15, 0.2) is 71.6 Å². The van der Waals surface area contributed by atoms with E-state index < -0.39 is 40.2 Å². The SMILES string of the molecule is CCNC(=O)[C@H](C)N(Cc1ccccc1F)C(=O)CN(c1ccc(C)c(C)c1)S(=O)(=O)c1ccc(C)cc1. The van der Waals surface area contributed by atoms with Crippen LogP contribution in [0.2, 0.25) is 0 Å². The van der Waals surface area contributed by atoms with Crippen molar-refractivity contribution in [1.82, 2.24) is 10.2 Å². The molecule has 1 atom stereocenters. The van der Waals surface area contributed by atoms with Gasteiger partial charge in [-0.05, 0) is 76.1 Å². The lowest BCUT2D eigenvalue weighted by atomic mass is 10.1. The summed E-state index contributed by atoms with van der Waals surface area (Å²) in [6.45, 7) is 8.49. The average molecular weight is 540 g/mol. The van der Waals surface area contributed by atoms with Crippen LogP contribution in [0.25, 0.3) is 0 Å². The van der Waals surface area contributed by atoms with E-state index in [1.54, 1.807) is 50.2 Å². The second-order valence-corrected chi connectivity index (χ2v) is 11.1. The number of hydrogen-bond acceptors (Lipinski definition) is 4. The van der Waals surface area contributed by atoms with Crippen molar-refractivity contribution in [2.75, 3.05) is 17.4 Å². The highest BCUT2D eigenvalue weighted by Gasteiger charge is 2.32. The van der Waals surface area contributed by atoms with Crippen molar-refractivity contribution in [3.8, 4) is 0 Å². The molecule has 0 radical (unpaired) electrons. The molecule has 0 aliphatic rings. The molecule has 3 aromatic rings. The summed E-state index contributed by atoms with van der Waals surface area (Å²) in [6, 6.07) is 16.5. The Morgan fingerprint density at radius 1 is 0.947 bits per heavy atom. The van der Waals surface area contributed by atoms with Crippen LogP contribution >= 0.6 is 0 Å². The van der Waals surface area contributed by atoms with E-state index in [1.165, 1.54) is 35.2 Å². The van der Waals surface area contributed by atoms with Crippen LogP contribution in [0.5, 0.6) is 0 Å². The third kappa shape index (κ3) is 6.58. The predicted molar refractivity (Wildman–Crippen MR) is 147 cm³/mol. The van der Waals surface area contributed by atoms with E-state index in [2.05, 4.69) is 5.32 Å². The van der Waals surface area contributed by atoms with Crippen LogP contribution in [0.4, 0.5) is 10.1 Å². The van der Waals surface area contributed by atoms with Crippen LogP contribution in [0.1, 0.15) is 36.1 Å². The zero-order valence-electron chi connectivity index (χ0n) is 22.4. The summed E-state index contributed by atoms with van der Waals surface area (Å²) in [6.07, 6.45) is 0. The van der Waals surface area contributed by atoms with Gasteiger partial charge in [0.2, 0.25) is 11.8 Å². The molecule has 0 unspecified atom stereocenters. The van der Waals surface area contributed by atoms with Crippen molar-refractivity contribution in [2.24, 2.45) is 0 Å². The molecule has 0 saturated heterocycles. The van der Waals surface area contributed by atoms with Crippen LogP contribution in [-0.2, 0) is 26.2 Å². The quantitative estimate of drug-likeness (QED) is 0.411. The number of nitrogens with one attached hydrogen (secondary N) is 1. The fourth-order valence-electron chi connectivity index (χ4n) is 3.96. The first-order valence-electron chi connectivity index (χ1n) is 12.4. The number of nitrogens with zero attached hydrogens (tertiary/aromatic N) is 2. The highest BCUT2D eigenvalue weighted by Crippen LogP contribution is 2.27. The summed E-state index contributed by atoms with van der Waals surface area (Å²) in [4.78, 5) is 27.8. The van der Waals surface area contributed by atoms with E-state index in [0.29, 0.717) is 12.2 Å². The van der Waals surface area contributed by atoms with Crippen molar-refractivity contribution in [3.63, 3.8) is 0 Å². The Labute approximate surface area is 224 Å². The molecule has 0 aliphatic heterocycles. The number of sulfonamides is 1. The van der Waals surface area contributed by atoms with Gasteiger partial charge in [-0.2, -0.15) is 0 Å². The number of hydrogen-bond donors (Lipinski definition) is 1. The molecular weight excluding hydrogens is 505 g/mol. The van der Waals surface area contributed by atoms with Gasteiger partial charge in [0.25, 0.3) is 10.0 Å². The number of carbonyl (C=O) groups is 2. The molecule has 0 fully saturated rings. The van der Waals surface area contributed by atoms with Crippen LogP contribution < -0.4 is 9.62 Å². The third-order valence-corrected chi connectivity index (χ3v) is 8.27. The van der Waals surface area contributed by atoms with Gasteiger partial charge in [0, 0.05) is 18.7 Å². The van der Waals surface area contributed by atoms with Crippen molar-refractivity contribution in [3.05, 3.63) is 94.8 Å². The maximum atomic E-state index is 14.5. The zero-order valence-corrected chi connectivity index (χ0v) is 23.2. The molecule has 9 heteroatoms. The van der Waals surface area contributed by atoms with Crippen LogP contribution in [0, 0.1) is 26.6 Å². The van der Waals surface area contributed by atoms with Crippen molar-refractivity contribution >= 4 is 27.5 Å². The summed E-state index contributed by atoms with van der Waals surface area (Å²) in [5.41, 5.74) is 3.26. The second kappa shape index (κ2) is 12.2. The number of rotatable bonds is 10. The van der Waals surface area contributed by atoms with Crippen LogP contribution in [-0.4, -0.2) is 44.3 Å². The Kier molecular flexibility index (Phi) is 9.27. The summed E-state index contributed by atoms with van der Waals surface area (Å²) in [5, 5.41) is 2.68. The smallest absolute Gasteiger partial charge is 0.264 e. The van der Waals surface area contributed by atoms with Gasteiger partial charge in [-0.25, -0.2) is 12.8 Å². The average Bonchev–Trinajstić information content (AvgIpc) is 2.88. The predicted octanol–water partition coefficient (Wildman–Crippen LogP) is 4.50. The van der Waals surface area contributed by atoms with Gasteiger partial charge in [0.15, 0.2) is 0 Å². The summed E-state index contributed by atoms with van der Waals surface area (Å²) in [7, 11) is -4.16. The second-order valence-electron chi connectivity index (χ2n) is 9.28. The van der Waals surface area contributed by atoms with E-state index >= 15 is 0 Å². The molecule has 7 nitrogen and oxygen atoms in total. The van der Waals surface area contributed by atoms with E-state index in [4.69, 9.17) is 0 Å². The third-order valence-electron chi connectivity index (χ3n) is 6.48. The summed E-state index contributed by atoms with van der Waals surface area (Å²) in [5.74, 6) is -1.58. The topological polar surface area (TPSA) is 86.8 Å². The molecule has 1 N–H and O–H groups in total. The van der Waals surface area contributed by atoms with E-state index in [1.807, 2.05) is 20.8 Å². The molecule has 0 spiro atoms. The molecule has 202 valence electrons. The Balaban J connectivity index is 2.07. The number of likely N-dealkylation sites (N-methyl/N-ethyl adjacent to an activating group) is 1. The first kappa shape index (κ1) is 28.8. The number of carbonyl (C=O) groups excluding carboxylic acids is 2. The largest absolute Gasteiger partial charge is 0.355 e. The molecule has 0 aromatic heterocycles. The molecule has 0 saturated carbocycles. The minimum atomic E-state index is -4.16. The van der Waals surface area contributed by atoms with Crippen molar-refractivity contribution in [1.29, 1.82) is 0 Å². The Morgan fingerprint density at radius 2 is 1.61 bits per heavy atom. The summed E-state index contributed by atoms with van der Waals surface area (Å²) < 4.78 is 43.2. The minimum absolute atomic E-state index is 0.0338. The van der Waals surface area contributed by atoms with Crippen molar-refractivity contribution < 1.29 is 22.4 Å². The van der Waals surface area contributed by atoms with Gasteiger partial charge in [-0.3, -0.25) is 13.9 Å². The number of anilines is 1. The molecule has 0 bridgehead atoms. The van der Waals surface area contributed by atoms with Gasteiger partial charge in [-0.15, -0.1) is 0 Å². The first-order chi connectivity index (χ1) is 17.9. The molecule has 38 heavy (non-hydrogen) atoms. The lowest BCUT2D eigenvalue weighted by molar-refractivity contribution is -0.139. The number of halogens is 1. The highest BCUT2D eigenvalue weighted by atomic mass is 32.2. The monoisotopic (exact) mass is 539 g/mol. The lowest BCUT2D eigenvalue weighted by Crippen LogP contribution is -2.51. The zero-order chi connectivity index (χ0) is 28.0. The molecular formula is C29H34FN3O4S. The van der Waals surface area contributed by atoms with Gasteiger partial charge >= 0.3 is 0 Å². The Morgan fingerprint density at radius 3 is 2.21 bits per heavy atom. The van der Waals surface area contributed by atoms with Crippen LogP contribution in [0.3, 0.4) is 0 Å². The van der Waals surface area contributed by atoms with Crippen molar-refractivity contribution in [2.45, 2.75) is 52.1 Å². The number of benzene rings is 3. The maximum Gasteiger partial charge on any atom is 0.264 e. The standard InChI is InChI=1S/C29H34FN3O4S/c1-6-31-29(35)23(5)32(18-24-9-7-8-10-27(24)30)28(34)19-33(25-14-13-21(3)22(4)17-25)38(36,37)26-15-11-20(2)12-16-26/h7-17,23H,6,18-19H2,1-5H3,(H,31,35)/t23-/m0/s1. The first-order valence-corrected chi connectivity index (χ1v) is 13.9. The van der Waals surface area contributed by atoms with Gasteiger partial charge < -0.3 is 10.2 Å². The summed E-state index contributed by atoms with van der Waals surface area (Å²) >= 11 is 0. The number of amides is 2. The van der Waals surface area contributed by atoms with Gasteiger partial charge in [-0.1, -0.05) is 42.0 Å². The molecule has 3 rings (SSSR count). The Bertz CT molecular complexity index is 1410. The van der Waals surface area contributed by atoms with E-state index in [9.17, 15) is 22.4 Å². The molecule has 0 heterocycles. The maximum absolute atomic E-state index is 14.5. The van der Waals surface area contributed by atoms with Gasteiger partial charge in [0.1, 0.15) is 18.4 Å². The van der Waals surface area contributed by atoms with E-state index in [0.717, 1.165) is 21.0 Å². The normalized spacial score (nSPS) is 12.1. The fourth-order valence-corrected chi connectivity index (χ4v) is 5.37.